The molecule has 1 aliphatic rings. The molecule has 1 aliphatic heterocycles. The molecule has 25 heavy (non-hydrogen) atoms. The van der Waals surface area contributed by atoms with Gasteiger partial charge in [0.1, 0.15) is 12.3 Å². The predicted octanol–water partition coefficient (Wildman–Crippen LogP) is 3.09. The van der Waals surface area contributed by atoms with Crippen molar-refractivity contribution in [2.45, 2.75) is 20.4 Å². The molecule has 2 N–H and O–H groups in total. The molecule has 2 aromatic carbocycles. The minimum Gasteiger partial charge on any atom is -0.507 e. The summed E-state index contributed by atoms with van der Waals surface area (Å²) in [5.74, 6) is 0.655. The zero-order valence-electron chi connectivity index (χ0n) is 14.3. The lowest BCUT2D eigenvalue weighted by atomic mass is 10.0. The number of phenols is 1. The van der Waals surface area contributed by atoms with Crippen LogP contribution in [-0.4, -0.2) is 24.0 Å². The molecule has 0 aliphatic carbocycles. The van der Waals surface area contributed by atoms with E-state index in [-0.39, 0.29) is 17.3 Å². The lowest BCUT2D eigenvalue weighted by Crippen LogP contribution is -3.10. The lowest BCUT2D eigenvalue weighted by molar-refractivity contribution is -0.910. The highest BCUT2D eigenvalue weighted by atomic mass is 35.5. The number of halogens is 1. The number of fused-ring (bicyclic) bond motifs is 1. The second-order valence-corrected chi connectivity index (χ2v) is 6.44. The molecule has 0 spiro atoms. The number of rotatable bonds is 5. The van der Waals surface area contributed by atoms with Gasteiger partial charge in [-0.2, -0.15) is 0 Å². The smallest absolute Gasteiger partial charge is 0.231 e. The Hall–Kier alpha value is -2.30. The van der Waals surface area contributed by atoms with Crippen LogP contribution in [0.1, 0.15) is 35.3 Å². The number of carbonyl (C=O) groups is 1. The molecular weight excluding hydrogens is 338 g/mol. The number of ketones is 1. The highest BCUT2D eigenvalue weighted by Gasteiger charge is 2.32. The summed E-state index contributed by atoms with van der Waals surface area (Å²) in [6, 6.07) is 10.5. The van der Waals surface area contributed by atoms with Crippen molar-refractivity contribution in [2.24, 2.45) is 0 Å². The van der Waals surface area contributed by atoms with Crippen LogP contribution in [0.5, 0.6) is 11.5 Å². The van der Waals surface area contributed by atoms with Gasteiger partial charge in [-0.1, -0.05) is 29.8 Å². The van der Waals surface area contributed by atoms with E-state index in [0.29, 0.717) is 28.4 Å². The van der Waals surface area contributed by atoms with E-state index >= 15 is 0 Å². The number of Topliss-reactive ketones (excluding diaryl/α,β-unsaturated/α-hetero) is 1. The monoisotopic (exact) mass is 358 g/mol. The molecule has 0 atom stereocenters. The summed E-state index contributed by atoms with van der Waals surface area (Å²) >= 11 is 6.17. The van der Waals surface area contributed by atoms with Gasteiger partial charge in [0.15, 0.2) is 11.5 Å². The van der Waals surface area contributed by atoms with E-state index in [2.05, 4.69) is 13.8 Å². The van der Waals surface area contributed by atoms with Crippen LogP contribution in [-0.2, 0) is 6.54 Å². The molecule has 0 bridgehead atoms. The number of aromatic hydroxyl groups is 1. The topological polar surface area (TPSA) is 51.0 Å². The molecule has 130 valence electrons. The summed E-state index contributed by atoms with van der Waals surface area (Å²) in [6.07, 6.45) is 1.65. The van der Waals surface area contributed by atoms with Gasteiger partial charge in [0, 0.05) is 5.02 Å². The summed E-state index contributed by atoms with van der Waals surface area (Å²) in [5, 5.41) is 10.8. The molecule has 3 rings (SSSR count). The Bertz CT molecular complexity index is 841. The third-order valence-corrected chi connectivity index (χ3v) is 4.88. The summed E-state index contributed by atoms with van der Waals surface area (Å²) in [4.78, 5) is 14.0. The van der Waals surface area contributed by atoms with Crippen molar-refractivity contribution in [3.8, 4) is 11.5 Å². The Kier molecular flexibility index (Phi) is 5.11. The Morgan fingerprint density at radius 2 is 1.88 bits per heavy atom. The highest BCUT2D eigenvalue weighted by Crippen LogP contribution is 2.39. The maximum Gasteiger partial charge on any atom is 0.231 e. The largest absolute Gasteiger partial charge is 0.507 e. The summed E-state index contributed by atoms with van der Waals surface area (Å²) in [5.41, 5.74) is 1.88. The van der Waals surface area contributed by atoms with E-state index in [9.17, 15) is 9.90 Å². The summed E-state index contributed by atoms with van der Waals surface area (Å²) < 4.78 is 5.86. The van der Waals surface area contributed by atoms with E-state index < -0.39 is 0 Å². The SMILES string of the molecule is CC[NH+](CC)Cc1c(O)ccc2c1O/C(=C\c1ccccc1Cl)C2=O. The maximum atomic E-state index is 12.7. The number of quaternary nitrogens is 1. The van der Waals surface area contributed by atoms with Crippen LogP contribution >= 0.6 is 11.6 Å². The molecular formula is C20H21ClNO3+. The van der Waals surface area contributed by atoms with Crippen LogP contribution in [0, 0.1) is 0 Å². The Morgan fingerprint density at radius 1 is 1.16 bits per heavy atom. The first-order valence-electron chi connectivity index (χ1n) is 8.42. The minimum absolute atomic E-state index is 0.157. The van der Waals surface area contributed by atoms with Crippen molar-refractivity contribution in [3.63, 3.8) is 0 Å². The van der Waals surface area contributed by atoms with Gasteiger partial charge in [-0.25, -0.2) is 0 Å². The molecule has 0 radical (unpaired) electrons. The van der Waals surface area contributed by atoms with E-state index in [1.54, 1.807) is 24.3 Å². The summed E-state index contributed by atoms with van der Waals surface area (Å²) in [7, 11) is 0. The standard InChI is InChI=1S/C20H20ClNO3/c1-3-22(4-2)12-15-17(23)10-9-14-19(24)18(25-20(14)15)11-13-7-5-6-8-16(13)21/h5-11,23H,3-4,12H2,1-2H3/p+1/b18-11-. The molecule has 0 amide bonds. The summed E-state index contributed by atoms with van der Waals surface area (Å²) in [6.45, 7) is 6.64. The van der Waals surface area contributed by atoms with Gasteiger partial charge >= 0.3 is 0 Å². The molecule has 0 saturated carbocycles. The number of benzene rings is 2. The predicted molar refractivity (Wildman–Crippen MR) is 98.2 cm³/mol. The molecule has 0 fully saturated rings. The van der Waals surface area contributed by atoms with Gasteiger partial charge in [0.2, 0.25) is 5.78 Å². The van der Waals surface area contributed by atoms with Gasteiger partial charge < -0.3 is 14.7 Å². The fraction of sp³-hybridized carbons (Fsp3) is 0.250. The molecule has 0 unspecified atom stereocenters. The molecule has 0 saturated heterocycles. The van der Waals surface area contributed by atoms with Gasteiger partial charge in [0.05, 0.1) is 24.2 Å². The molecule has 5 heteroatoms. The van der Waals surface area contributed by atoms with E-state index in [0.717, 1.165) is 18.7 Å². The number of nitrogens with one attached hydrogen (secondary N) is 1. The third-order valence-electron chi connectivity index (χ3n) is 4.53. The van der Waals surface area contributed by atoms with Crippen LogP contribution in [0.25, 0.3) is 6.08 Å². The van der Waals surface area contributed by atoms with E-state index in [1.807, 2.05) is 18.2 Å². The maximum absolute atomic E-state index is 12.7. The van der Waals surface area contributed by atoms with Gasteiger partial charge in [-0.3, -0.25) is 4.79 Å². The fourth-order valence-corrected chi connectivity index (χ4v) is 3.14. The molecule has 1 heterocycles. The number of hydrogen-bond donors (Lipinski definition) is 2. The van der Waals surface area contributed by atoms with Crippen LogP contribution in [0.2, 0.25) is 5.02 Å². The zero-order chi connectivity index (χ0) is 18.0. The highest BCUT2D eigenvalue weighted by molar-refractivity contribution is 6.32. The Labute approximate surface area is 152 Å². The Morgan fingerprint density at radius 3 is 2.56 bits per heavy atom. The Balaban J connectivity index is 2.00. The molecule has 4 nitrogen and oxygen atoms in total. The van der Waals surface area contributed by atoms with Gasteiger partial charge in [0.25, 0.3) is 0 Å². The number of phenolic OH excluding ortho intramolecular Hbond substituents is 1. The van der Waals surface area contributed by atoms with Crippen molar-refractivity contribution < 1.29 is 19.5 Å². The molecule has 0 aromatic heterocycles. The number of hydrogen-bond acceptors (Lipinski definition) is 3. The van der Waals surface area contributed by atoms with Crippen molar-refractivity contribution in [3.05, 3.63) is 63.9 Å². The van der Waals surface area contributed by atoms with Crippen LogP contribution in [0.3, 0.4) is 0 Å². The first kappa shape index (κ1) is 17.5. The lowest BCUT2D eigenvalue weighted by Gasteiger charge is -2.17. The van der Waals surface area contributed by atoms with Crippen molar-refractivity contribution in [2.75, 3.05) is 13.1 Å². The third kappa shape index (κ3) is 3.41. The van der Waals surface area contributed by atoms with E-state index in [1.165, 1.54) is 4.90 Å². The first-order valence-corrected chi connectivity index (χ1v) is 8.80. The van der Waals surface area contributed by atoms with Gasteiger partial charge in [-0.15, -0.1) is 0 Å². The zero-order valence-corrected chi connectivity index (χ0v) is 15.1. The van der Waals surface area contributed by atoms with Crippen molar-refractivity contribution in [1.82, 2.24) is 0 Å². The number of ether oxygens (including phenoxy) is 1. The fourth-order valence-electron chi connectivity index (χ4n) is 2.95. The second-order valence-electron chi connectivity index (χ2n) is 6.04. The second kappa shape index (κ2) is 7.30. The first-order chi connectivity index (χ1) is 12.0. The number of allylic oxidation sites excluding steroid dienone is 1. The minimum atomic E-state index is -0.189. The van der Waals surface area contributed by atoms with Crippen molar-refractivity contribution >= 4 is 23.5 Å². The number of carbonyl (C=O) groups excluding carboxylic acids is 1. The van der Waals surface area contributed by atoms with Crippen molar-refractivity contribution in [1.29, 1.82) is 0 Å². The molecule has 2 aromatic rings. The average molecular weight is 359 g/mol. The van der Waals surface area contributed by atoms with E-state index in [4.69, 9.17) is 16.3 Å². The van der Waals surface area contributed by atoms with Crippen LogP contribution in [0.4, 0.5) is 0 Å². The van der Waals surface area contributed by atoms with Crippen LogP contribution in [0.15, 0.2) is 42.2 Å². The average Bonchev–Trinajstić information content (AvgIpc) is 2.92. The quantitative estimate of drug-likeness (QED) is 0.807. The van der Waals surface area contributed by atoms with Gasteiger partial charge in [-0.05, 0) is 43.7 Å². The van der Waals surface area contributed by atoms with Crippen LogP contribution < -0.4 is 9.64 Å². The normalized spacial score (nSPS) is 14.9.